The van der Waals surface area contributed by atoms with Crippen LogP contribution in [0.5, 0.6) is 0 Å². The Morgan fingerprint density at radius 1 is 1.39 bits per heavy atom. The lowest BCUT2D eigenvalue weighted by Crippen LogP contribution is -2.25. The molecule has 1 N–H and O–H groups in total. The summed E-state index contributed by atoms with van der Waals surface area (Å²) in [7, 11) is 0. The Balaban J connectivity index is 2.46. The summed E-state index contributed by atoms with van der Waals surface area (Å²) in [4.78, 5) is 11.7. The Labute approximate surface area is 108 Å². The van der Waals surface area contributed by atoms with Gasteiger partial charge in [-0.1, -0.05) is 56.5 Å². The third kappa shape index (κ3) is 4.89. The maximum Gasteiger partial charge on any atom is 0.362 e. The fourth-order valence-electron chi connectivity index (χ4n) is 1.31. The van der Waals surface area contributed by atoms with Crippen LogP contribution in [0, 0.1) is 5.92 Å². The van der Waals surface area contributed by atoms with E-state index in [4.69, 9.17) is 4.74 Å². The Hall–Kier alpha value is -1.99. The summed E-state index contributed by atoms with van der Waals surface area (Å²) in [5.74, 6) is 0.0183. The largest absolute Gasteiger partial charge is 0.456 e. The summed E-state index contributed by atoms with van der Waals surface area (Å²) in [6.45, 7) is 8.56. The minimum atomic E-state index is -0.422. The summed E-state index contributed by atoms with van der Waals surface area (Å²) in [5, 5.41) is 2.97. The molecule has 0 aliphatic heterocycles. The molecule has 0 amide bonds. The predicted molar refractivity (Wildman–Crippen MR) is 71.7 cm³/mol. The number of carbonyl (C=O) groups is 1. The van der Waals surface area contributed by atoms with Crippen LogP contribution in [0.25, 0.3) is 0 Å². The number of hydrogen-bond donors (Lipinski definition) is 1. The summed E-state index contributed by atoms with van der Waals surface area (Å²) >= 11 is 0. The standard InChI is InChI=1S/C15H19NO2/c1-4-14(16-10-12(2)3)15(17)18-11-13-8-6-5-7-9-13/h5-9,12,16H,1,10-11H2,2-3H3. The van der Waals surface area contributed by atoms with E-state index in [0.29, 0.717) is 18.2 Å². The number of benzene rings is 1. The second kappa shape index (κ2) is 7.36. The van der Waals surface area contributed by atoms with E-state index in [1.807, 2.05) is 30.3 Å². The SMILES string of the molecule is C=C=C(NCC(C)C)C(=O)OCc1ccccc1. The normalized spacial score (nSPS) is 9.72. The van der Waals surface area contributed by atoms with Gasteiger partial charge in [0.05, 0.1) is 0 Å². The van der Waals surface area contributed by atoms with E-state index in [-0.39, 0.29) is 6.61 Å². The third-order valence-corrected chi connectivity index (χ3v) is 2.28. The van der Waals surface area contributed by atoms with Gasteiger partial charge in [0.15, 0.2) is 5.70 Å². The lowest BCUT2D eigenvalue weighted by molar-refractivity contribution is -0.140. The second-order valence-corrected chi connectivity index (χ2v) is 4.39. The molecule has 0 aliphatic rings. The van der Waals surface area contributed by atoms with Crippen LogP contribution in [-0.2, 0) is 16.1 Å². The number of nitrogens with one attached hydrogen (secondary N) is 1. The van der Waals surface area contributed by atoms with Gasteiger partial charge in [-0.15, -0.1) is 0 Å². The fourth-order valence-corrected chi connectivity index (χ4v) is 1.31. The van der Waals surface area contributed by atoms with E-state index >= 15 is 0 Å². The number of ether oxygens (including phenoxy) is 1. The second-order valence-electron chi connectivity index (χ2n) is 4.39. The van der Waals surface area contributed by atoms with Crippen molar-refractivity contribution in [2.75, 3.05) is 6.54 Å². The van der Waals surface area contributed by atoms with Gasteiger partial charge in [0.25, 0.3) is 0 Å². The molecule has 0 saturated carbocycles. The molecule has 1 rings (SSSR count). The average Bonchev–Trinajstić information content (AvgIpc) is 2.38. The molecule has 0 radical (unpaired) electrons. The Morgan fingerprint density at radius 3 is 2.61 bits per heavy atom. The highest BCUT2D eigenvalue weighted by molar-refractivity contribution is 5.87. The minimum absolute atomic E-state index is 0.258. The van der Waals surface area contributed by atoms with Crippen molar-refractivity contribution in [3.63, 3.8) is 0 Å². The first-order valence-electron chi connectivity index (χ1n) is 5.98. The van der Waals surface area contributed by atoms with Gasteiger partial charge >= 0.3 is 5.97 Å². The van der Waals surface area contributed by atoms with E-state index < -0.39 is 5.97 Å². The van der Waals surface area contributed by atoms with Gasteiger partial charge in [0, 0.05) is 6.54 Å². The van der Waals surface area contributed by atoms with Crippen LogP contribution >= 0.6 is 0 Å². The first-order valence-corrected chi connectivity index (χ1v) is 5.98. The van der Waals surface area contributed by atoms with E-state index in [9.17, 15) is 4.79 Å². The molecular formula is C15H19NO2. The Kier molecular flexibility index (Phi) is 5.75. The van der Waals surface area contributed by atoms with Gasteiger partial charge in [0.1, 0.15) is 6.61 Å². The lowest BCUT2D eigenvalue weighted by Gasteiger charge is -2.10. The van der Waals surface area contributed by atoms with Crippen LogP contribution in [0.2, 0.25) is 0 Å². The summed E-state index contributed by atoms with van der Waals surface area (Å²) in [5.41, 5.74) is 3.82. The number of hydrogen-bond acceptors (Lipinski definition) is 3. The highest BCUT2D eigenvalue weighted by Gasteiger charge is 2.10. The van der Waals surface area contributed by atoms with Crippen molar-refractivity contribution in [2.45, 2.75) is 20.5 Å². The summed E-state index contributed by atoms with van der Waals surface area (Å²) in [6.07, 6.45) is 0. The zero-order valence-corrected chi connectivity index (χ0v) is 10.9. The molecule has 1 aromatic carbocycles. The van der Waals surface area contributed by atoms with Crippen LogP contribution in [0.3, 0.4) is 0 Å². The van der Waals surface area contributed by atoms with E-state index in [1.54, 1.807) is 0 Å². The minimum Gasteiger partial charge on any atom is -0.456 e. The van der Waals surface area contributed by atoms with Gasteiger partial charge < -0.3 is 10.1 Å². The quantitative estimate of drug-likeness (QED) is 0.475. The van der Waals surface area contributed by atoms with Gasteiger partial charge in [-0.2, -0.15) is 0 Å². The molecule has 0 fully saturated rings. The molecule has 3 heteroatoms. The summed E-state index contributed by atoms with van der Waals surface area (Å²) < 4.78 is 5.17. The molecule has 18 heavy (non-hydrogen) atoms. The van der Waals surface area contributed by atoms with E-state index in [2.05, 4.69) is 31.5 Å². The molecule has 0 heterocycles. The molecule has 0 aromatic heterocycles. The molecule has 0 bridgehead atoms. The van der Waals surface area contributed by atoms with Crippen LogP contribution < -0.4 is 5.32 Å². The fraction of sp³-hybridized carbons (Fsp3) is 0.333. The molecule has 0 unspecified atom stereocenters. The highest BCUT2D eigenvalue weighted by Crippen LogP contribution is 2.03. The molecule has 1 aromatic rings. The van der Waals surface area contributed by atoms with Crippen molar-refractivity contribution in [1.82, 2.24) is 5.32 Å². The maximum absolute atomic E-state index is 11.7. The first-order chi connectivity index (χ1) is 8.63. The van der Waals surface area contributed by atoms with Crippen molar-refractivity contribution >= 4 is 5.97 Å². The van der Waals surface area contributed by atoms with Gasteiger partial charge in [-0.05, 0) is 11.5 Å². The Morgan fingerprint density at radius 2 is 2.06 bits per heavy atom. The van der Waals surface area contributed by atoms with Crippen molar-refractivity contribution in [3.05, 3.63) is 53.9 Å². The monoisotopic (exact) mass is 245 g/mol. The topological polar surface area (TPSA) is 38.3 Å². The maximum atomic E-state index is 11.7. The van der Waals surface area contributed by atoms with Gasteiger partial charge in [-0.25, -0.2) is 4.79 Å². The molecule has 0 saturated heterocycles. The van der Waals surface area contributed by atoms with Crippen molar-refractivity contribution in [2.24, 2.45) is 5.92 Å². The molecule has 0 atom stereocenters. The zero-order valence-electron chi connectivity index (χ0n) is 10.9. The first kappa shape index (κ1) is 14.1. The van der Waals surface area contributed by atoms with Crippen LogP contribution in [0.15, 0.2) is 48.3 Å². The predicted octanol–water partition coefficient (Wildman–Crippen LogP) is 2.64. The van der Waals surface area contributed by atoms with E-state index in [1.165, 1.54) is 0 Å². The van der Waals surface area contributed by atoms with Crippen molar-refractivity contribution in [1.29, 1.82) is 0 Å². The molecule has 0 aliphatic carbocycles. The molecular weight excluding hydrogens is 226 g/mol. The molecule has 96 valence electrons. The van der Waals surface area contributed by atoms with Gasteiger partial charge in [-0.3, -0.25) is 0 Å². The van der Waals surface area contributed by atoms with Crippen LogP contribution in [-0.4, -0.2) is 12.5 Å². The van der Waals surface area contributed by atoms with Crippen molar-refractivity contribution < 1.29 is 9.53 Å². The number of carbonyl (C=O) groups excluding carboxylic acids is 1. The summed E-state index contributed by atoms with van der Waals surface area (Å²) in [6, 6.07) is 9.55. The number of esters is 1. The smallest absolute Gasteiger partial charge is 0.362 e. The highest BCUT2D eigenvalue weighted by atomic mass is 16.5. The van der Waals surface area contributed by atoms with Crippen molar-refractivity contribution in [3.8, 4) is 0 Å². The van der Waals surface area contributed by atoms with E-state index in [0.717, 1.165) is 5.56 Å². The average molecular weight is 245 g/mol. The Bertz CT molecular complexity index is 431. The molecule has 3 nitrogen and oxygen atoms in total. The van der Waals surface area contributed by atoms with Crippen LogP contribution in [0.4, 0.5) is 0 Å². The number of rotatable bonds is 6. The third-order valence-electron chi connectivity index (χ3n) is 2.28. The molecule has 0 spiro atoms. The van der Waals surface area contributed by atoms with Crippen LogP contribution in [0.1, 0.15) is 19.4 Å². The lowest BCUT2D eigenvalue weighted by atomic mass is 10.2. The zero-order chi connectivity index (χ0) is 13.4. The van der Waals surface area contributed by atoms with Gasteiger partial charge in [0.2, 0.25) is 0 Å².